The van der Waals surface area contributed by atoms with Crippen molar-refractivity contribution in [2.24, 2.45) is 7.05 Å². The van der Waals surface area contributed by atoms with Gasteiger partial charge in [-0.2, -0.15) is 9.40 Å². The second-order valence-electron chi connectivity index (χ2n) is 6.36. The van der Waals surface area contributed by atoms with E-state index in [2.05, 4.69) is 10.1 Å². The SMILES string of the molecule is CCc1nc(CN([C@@H]2CCCN(c3ccnn3C)C2=O)S(C)(=O)=O)cs1. The number of nitrogens with zero attached hydrogens (tertiary/aromatic N) is 5. The number of aryl methyl sites for hydroxylation is 2. The van der Waals surface area contributed by atoms with Gasteiger partial charge in [-0.3, -0.25) is 14.4 Å². The first-order valence-corrected chi connectivity index (χ1v) is 11.2. The molecule has 1 atom stereocenters. The Hall–Kier alpha value is -1.78. The van der Waals surface area contributed by atoms with Crippen LogP contribution in [0, 0.1) is 0 Å². The smallest absolute Gasteiger partial charge is 0.246 e. The number of aromatic nitrogens is 3. The molecule has 2 aromatic heterocycles. The monoisotopic (exact) mass is 397 g/mol. The van der Waals surface area contributed by atoms with Crippen molar-refractivity contribution in [3.63, 3.8) is 0 Å². The molecule has 0 aromatic carbocycles. The molecular formula is C16H23N5O3S2. The van der Waals surface area contributed by atoms with Gasteiger partial charge in [0.25, 0.3) is 0 Å². The van der Waals surface area contributed by atoms with Gasteiger partial charge in [-0.25, -0.2) is 13.4 Å². The van der Waals surface area contributed by atoms with Crippen molar-refractivity contribution in [1.82, 2.24) is 19.1 Å². The Morgan fingerprint density at radius 1 is 1.42 bits per heavy atom. The van der Waals surface area contributed by atoms with Crippen LogP contribution in [0.5, 0.6) is 0 Å². The molecule has 0 unspecified atom stereocenters. The number of piperidine rings is 1. The lowest BCUT2D eigenvalue weighted by molar-refractivity contribution is -0.123. The molecule has 8 nitrogen and oxygen atoms in total. The number of carbonyl (C=O) groups is 1. The molecule has 0 saturated carbocycles. The zero-order valence-corrected chi connectivity index (χ0v) is 16.8. The quantitative estimate of drug-likeness (QED) is 0.735. The number of anilines is 1. The number of sulfonamides is 1. The van der Waals surface area contributed by atoms with E-state index >= 15 is 0 Å². The van der Waals surface area contributed by atoms with Crippen molar-refractivity contribution >= 4 is 33.1 Å². The highest BCUT2D eigenvalue weighted by Crippen LogP contribution is 2.26. The molecule has 0 radical (unpaired) electrons. The summed E-state index contributed by atoms with van der Waals surface area (Å²) in [6, 6.07) is 1.04. The average molecular weight is 398 g/mol. The maximum absolute atomic E-state index is 13.1. The first kappa shape index (κ1) is 19.0. The number of hydrogen-bond acceptors (Lipinski definition) is 6. The summed E-state index contributed by atoms with van der Waals surface area (Å²) in [7, 11) is -1.80. The second-order valence-corrected chi connectivity index (χ2v) is 9.23. The molecule has 142 valence electrons. The minimum absolute atomic E-state index is 0.116. The Bertz CT molecular complexity index is 889. The lowest BCUT2D eigenvalue weighted by Gasteiger charge is -2.36. The topological polar surface area (TPSA) is 88.4 Å². The molecule has 1 aliphatic heterocycles. The average Bonchev–Trinajstić information content (AvgIpc) is 3.21. The lowest BCUT2D eigenvalue weighted by Crippen LogP contribution is -2.54. The van der Waals surface area contributed by atoms with E-state index in [9.17, 15) is 13.2 Å². The van der Waals surface area contributed by atoms with Gasteiger partial charge in [0, 0.05) is 25.0 Å². The van der Waals surface area contributed by atoms with Crippen LogP contribution in [0.25, 0.3) is 0 Å². The van der Waals surface area contributed by atoms with Crippen LogP contribution >= 0.6 is 11.3 Å². The normalized spacial score (nSPS) is 18.7. The summed E-state index contributed by atoms with van der Waals surface area (Å²) in [5.41, 5.74) is 0.683. The van der Waals surface area contributed by atoms with Gasteiger partial charge in [-0.15, -0.1) is 11.3 Å². The third-order valence-corrected chi connectivity index (χ3v) is 6.75. The Morgan fingerprint density at radius 2 is 2.19 bits per heavy atom. The van der Waals surface area contributed by atoms with Crippen molar-refractivity contribution in [2.45, 2.75) is 38.8 Å². The van der Waals surface area contributed by atoms with E-state index in [0.29, 0.717) is 24.5 Å². The summed E-state index contributed by atoms with van der Waals surface area (Å²) in [6.45, 7) is 2.68. The molecule has 1 amide bonds. The summed E-state index contributed by atoms with van der Waals surface area (Å²) >= 11 is 1.51. The van der Waals surface area contributed by atoms with Crippen LogP contribution in [0.15, 0.2) is 17.6 Å². The highest BCUT2D eigenvalue weighted by atomic mass is 32.2. The summed E-state index contributed by atoms with van der Waals surface area (Å²) in [4.78, 5) is 19.2. The van der Waals surface area contributed by atoms with Gasteiger partial charge in [-0.1, -0.05) is 6.92 Å². The van der Waals surface area contributed by atoms with Crippen LogP contribution < -0.4 is 4.90 Å². The van der Waals surface area contributed by atoms with Crippen LogP contribution in [0.3, 0.4) is 0 Å². The zero-order valence-electron chi connectivity index (χ0n) is 15.1. The van der Waals surface area contributed by atoms with Gasteiger partial charge in [-0.05, 0) is 19.3 Å². The van der Waals surface area contributed by atoms with Crippen LogP contribution in [-0.4, -0.2) is 52.2 Å². The fourth-order valence-corrected chi connectivity index (χ4v) is 4.95. The summed E-state index contributed by atoms with van der Waals surface area (Å²) in [5.74, 6) is 0.464. The Kier molecular flexibility index (Phi) is 5.44. The third kappa shape index (κ3) is 3.81. The predicted octanol–water partition coefficient (Wildman–Crippen LogP) is 1.40. The Morgan fingerprint density at radius 3 is 2.77 bits per heavy atom. The van der Waals surface area contributed by atoms with Gasteiger partial charge >= 0.3 is 0 Å². The number of carbonyl (C=O) groups excluding carboxylic acids is 1. The van der Waals surface area contributed by atoms with E-state index in [1.54, 1.807) is 28.9 Å². The first-order valence-electron chi connectivity index (χ1n) is 8.50. The molecule has 0 spiro atoms. The van der Waals surface area contributed by atoms with E-state index < -0.39 is 16.1 Å². The summed E-state index contributed by atoms with van der Waals surface area (Å²) in [6.07, 6.45) is 4.81. The third-order valence-electron chi connectivity index (χ3n) is 4.48. The maximum Gasteiger partial charge on any atom is 0.246 e. The molecule has 26 heavy (non-hydrogen) atoms. The van der Waals surface area contributed by atoms with Gasteiger partial charge in [0.05, 0.1) is 29.7 Å². The van der Waals surface area contributed by atoms with E-state index in [1.807, 2.05) is 12.3 Å². The van der Waals surface area contributed by atoms with Crippen molar-refractivity contribution in [3.8, 4) is 0 Å². The molecular weight excluding hydrogens is 374 g/mol. The lowest BCUT2D eigenvalue weighted by atomic mass is 10.0. The van der Waals surface area contributed by atoms with Crippen molar-refractivity contribution in [1.29, 1.82) is 0 Å². The molecule has 0 bridgehead atoms. The number of rotatable bonds is 6. The Balaban J connectivity index is 1.88. The van der Waals surface area contributed by atoms with Crippen molar-refractivity contribution in [3.05, 3.63) is 28.3 Å². The molecule has 1 fully saturated rings. The minimum Gasteiger partial charge on any atom is -0.296 e. The highest BCUT2D eigenvalue weighted by Gasteiger charge is 2.39. The standard InChI is InChI=1S/C16H23N5O3S2/c1-4-14-18-12(11-25-14)10-21(26(3,23)24)13-6-5-9-20(16(13)22)15-7-8-17-19(15)2/h7-8,11,13H,4-6,9-10H2,1-3H3/t13-/m1/s1. The minimum atomic E-state index is -3.57. The summed E-state index contributed by atoms with van der Waals surface area (Å²) < 4.78 is 27.8. The number of thiazole rings is 1. The highest BCUT2D eigenvalue weighted by molar-refractivity contribution is 7.88. The molecule has 10 heteroatoms. The van der Waals surface area contributed by atoms with E-state index in [0.717, 1.165) is 24.1 Å². The Labute approximate surface area is 157 Å². The van der Waals surface area contributed by atoms with Gasteiger partial charge in [0.15, 0.2) is 0 Å². The maximum atomic E-state index is 13.1. The van der Waals surface area contributed by atoms with E-state index in [-0.39, 0.29) is 12.5 Å². The van der Waals surface area contributed by atoms with Crippen LogP contribution in [0.4, 0.5) is 5.82 Å². The van der Waals surface area contributed by atoms with Gasteiger partial charge < -0.3 is 0 Å². The van der Waals surface area contributed by atoms with Gasteiger partial charge in [0.1, 0.15) is 11.9 Å². The molecule has 3 heterocycles. The molecule has 1 saturated heterocycles. The van der Waals surface area contributed by atoms with Gasteiger partial charge in [0.2, 0.25) is 15.9 Å². The van der Waals surface area contributed by atoms with Crippen LogP contribution in [0.2, 0.25) is 0 Å². The number of amides is 1. The fraction of sp³-hybridized carbons (Fsp3) is 0.562. The van der Waals surface area contributed by atoms with Crippen molar-refractivity contribution < 1.29 is 13.2 Å². The zero-order chi connectivity index (χ0) is 18.9. The molecule has 0 N–H and O–H groups in total. The first-order chi connectivity index (χ1) is 12.3. The second kappa shape index (κ2) is 7.45. The van der Waals surface area contributed by atoms with Crippen LogP contribution in [-0.2, 0) is 34.8 Å². The predicted molar refractivity (Wildman–Crippen MR) is 100 cm³/mol. The molecule has 2 aromatic rings. The number of hydrogen-bond donors (Lipinski definition) is 0. The van der Waals surface area contributed by atoms with E-state index in [1.165, 1.54) is 15.6 Å². The van der Waals surface area contributed by atoms with Crippen LogP contribution in [0.1, 0.15) is 30.5 Å². The summed E-state index contributed by atoms with van der Waals surface area (Å²) in [5, 5.41) is 6.93. The van der Waals surface area contributed by atoms with E-state index in [4.69, 9.17) is 0 Å². The molecule has 0 aliphatic carbocycles. The fourth-order valence-electron chi connectivity index (χ4n) is 3.18. The molecule has 3 rings (SSSR count). The largest absolute Gasteiger partial charge is 0.296 e. The molecule has 1 aliphatic rings. The van der Waals surface area contributed by atoms with Crippen molar-refractivity contribution in [2.75, 3.05) is 17.7 Å².